The SMILES string of the molecule is CN1C(=O)c2cc(NS(=O)(=O)c3cccc(F)c3)ccc2OC[C@@H]2O[C@@H](CC(=O)N3CCc4ccccc4C3)CC[C@@H]21. The van der Waals surface area contributed by atoms with Gasteiger partial charge in [0.1, 0.15) is 24.3 Å². The Balaban J connectivity index is 1.13. The van der Waals surface area contributed by atoms with Crippen LogP contribution in [0, 0.1) is 5.82 Å². The smallest absolute Gasteiger partial charge is 0.261 e. The second-order valence-corrected chi connectivity index (χ2v) is 12.7. The summed E-state index contributed by atoms with van der Waals surface area (Å²) in [6, 6.07) is 17.0. The first-order chi connectivity index (χ1) is 20.2. The van der Waals surface area contributed by atoms with Gasteiger partial charge in [-0.15, -0.1) is 0 Å². The van der Waals surface area contributed by atoms with Gasteiger partial charge in [0.2, 0.25) is 5.91 Å². The molecule has 0 aliphatic carbocycles. The summed E-state index contributed by atoms with van der Waals surface area (Å²) in [5, 5.41) is 0. The number of likely N-dealkylation sites (N-methyl/N-ethyl adjacent to an activating group) is 1. The highest BCUT2D eigenvalue weighted by molar-refractivity contribution is 7.92. The van der Waals surface area contributed by atoms with Crippen molar-refractivity contribution in [3.8, 4) is 5.75 Å². The number of ether oxygens (including phenoxy) is 2. The molecular weight excluding hydrogens is 561 g/mol. The number of hydrogen-bond acceptors (Lipinski definition) is 6. The minimum atomic E-state index is -4.07. The average Bonchev–Trinajstić information content (AvgIpc) is 2.99. The van der Waals surface area contributed by atoms with Crippen LogP contribution in [0.2, 0.25) is 0 Å². The van der Waals surface area contributed by atoms with E-state index in [0.717, 1.165) is 18.6 Å². The minimum Gasteiger partial charge on any atom is -0.490 e. The first kappa shape index (κ1) is 28.2. The van der Waals surface area contributed by atoms with E-state index in [1.807, 2.05) is 17.0 Å². The summed E-state index contributed by atoms with van der Waals surface area (Å²) in [6.45, 7) is 1.46. The molecule has 3 aliphatic heterocycles. The van der Waals surface area contributed by atoms with Gasteiger partial charge in [-0.3, -0.25) is 14.3 Å². The van der Waals surface area contributed by atoms with Crippen molar-refractivity contribution in [1.82, 2.24) is 9.80 Å². The number of hydrogen-bond donors (Lipinski definition) is 1. The normalized spacial score (nSPS) is 22.1. The molecule has 220 valence electrons. The largest absolute Gasteiger partial charge is 0.490 e. The molecule has 0 spiro atoms. The zero-order valence-corrected chi connectivity index (χ0v) is 24.0. The lowest BCUT2D eigenvalue weighted by Crippen LogP contribution is -2.54. The van der Waals surface area contributed by atoms with Crippen LogP contribution >= 0.6 is 0 Å². The summed E-state index contributed by atoms with van der Waals surface area (Å²) in [5.74, 6) is -0.651. The van der Waals surface area contributed by atoms with Gasteiger partial charge >= 0.3 is 0 Å². The molecule has 0 aromatic heterocycles. The molecule has 3 aliphatic rings. The number of sulfonamides is 1. The van der Waals surface area contributed by atoms with E-state index in [2.05, 4.69) is 16.9 Å². The average molecular weight is 594 g/mol. The van der Waals surface area contributed by atoms with Crippen molar-refractivity contribution < 1.29 is 31.9 Å². The number of halogens is 1. The Morgan fingerprint density at radius 3 is 2.67 bits per heavy atom. The quantitative estimate of drug-likeness (QED) is 0.480. The van der Waals surface area contributed by atoms with Crippen LogP contribution in [0.4, 0.5) is 10.1 Å². The van der Waals surface area contributed by atoms with Crippen molar-refractivity contribution >= 4 is 27.5 Å². The van der Waals surface area contributed by atoms with E-state index in [1.54, 1.807) is 11.9 Å². The lowest BCUT2D eigenvalue weighted by atomic mass is 9.94. The fourth-order valence-corrected chi connectivity index (χ4v) is 7.05. The maximum absolute atomic E-state index is 13.6. The highest BCUT2D eigenvalue weighted by Crippen LogP contribution is 2.33. The Morgan fingerprint density at radius 1 is 1.05 bits per heavy atom. The number of amides is 2. The van der Waals surface area contributed by atoms with E-state index in [1.165, 1.54) is 41.5 Å². The third-order valence-corrected chi connectivity index (χ3v) is 9.63. The molecule has 9 nitrogen and oxygen atoms in total. The summed E-state index contributed by atoms with van der Waals surface area (Å²) < 4.78 is 54.0. The van der Waals surface area contributed by atoms with Gasteiger partial charge in [-0.05, 0) is 66.8 Å². The van der Waals surface area contributed by atoms with Crippen LogP contribution < -0.4 is 9.46 Å². The van der Waals surface area contributed by atoms with Crippen LogP contribution in [0.5, 0.6) is 5.75 Å². The van der Waals surface area contributed by atoms with Crippen molar-refractivity contribution in [2.24, 2.45) is 0 Å². The number of benzene rings is 3. The second-order valence-electron chi connectivity index (χ2n) is 11.0. The fraction of sp³-hybridized carbons (Fsp3) is 0.355. The standard InChI is InChI=1S/C31H32FN3O6S/c1-34-27-11-10-24(17-30(36)35-14-13-20-5-2-3-6-21(20)18-35)41-29(27)19-40-28-12-9-23(16-26(28)31(34)37)33-42(38,39)25-8-4-7-22(32)15-25/h2-9,12,15-16,24,27,29,33H,10-11,13-14,17-19H2,1H3/t24-,27+,29+/m1/s1. The van der Waals surface area contributed by atoms with Gasteiger partial charge in [-0.2, -0.15) is 0 Å². The minimum absolute atomic E-state index is 0.0581. The Bertz CT molecular complexity index is 1630. The molecule has 3 aromatic rings. The molecule has 42 heavy (non-hydrogen) atoms. The number of fused-ring (bicyclic) bond motifs is 3. The van der Waals surface area contributed by atoms with Crippen LogP contribution in [0.1, 0.15) is 40.7 Å². The third-order valence-electron chi connectivity index (χ3n) is 8.26. The fourth-order valence-electron chi connectivity index (χ4n) is 5.97. The van der Waals surface area contributed by atoms with Crippen LogP contribution in [-0.4, -0.2) is 68.5 Å². The Hall–Kier alpha value is -3.96. The molecule has 1 fully saturated rings. The lowest BCUT2D eigenvalue weighted by Gasteiger charge is -2.42. The summed E-state index contributed by atoms with van der Waals surface area (Å²) in [5.41, 5.74) is 2.82. The molecule has 3 atom stereocenters. The highest BCUT2D eigenvalue weighted by atomic mass is 32.2. The molecule has 2 amide bonds. The molecule has 3 aromatic carbocycles. The van der Waals surface area contributed by atoms with E-state index in [0.29, 0.717) is 31.7 Å². The maximum atomic E-state index is 13.6. The van der Waals surface area contributed by atoms with Crippen molar-refractivity contribution in [2.45, 2.75) is 55.4 Å². The van der Waals surface area contributed by atoms with Crippen molar-refractivity contribution in [3.05, 3.63) is 89.2 Å². The van der Waals surface area contributed by atoms with Crippen molar-refractivity contribution in [2.75, 3.05) is 24.9 Å². The van der Waals surface area contributed by atoms with E-state index in [4.69, 9.17) is 9.47 Å². The zero-order valence-electron chi connectivity index (χ0n) is 23.2. The number of carbonyl (C=O) groups is 2. The van der Waals surface area contributed by atoms with Gasteiger partial charge in [-0.25, -0.2) is 12.8 Å². The topological polar surface area (TPSA) is 105 Å². The Morgan fingerprint density at radius 2 is 1.86 bits per heavy atom. The number of anilines is 1. The Kier molecular flexibility index (Phi) is 7.63. The van der Waals surface area contributed by atoms with Crippen LogP contribution in [0.3, 0.4) is 0 Å². The molecule has 6 rings (SSSR count). The summed E-state index contributed by atoms with van der Waals surface area (Å²) in [6.07, 6.45) is 1.67. The van der Waals surface area contributed by atoms with Crippen molar-refractivity contribution in [1.29, 1.82) is 0 Å². The predicted molar refractivity (Wildman–Crippen MR) is 153 cm³/mol. The van der Waals surface area contributed by atoms with Crippen LogP contribution in [0.25, 0.3) is 0 Å². The number of carbonyl (C=O) groups excluding carboxylic acids is 2. The monoisotopic (exact) mass is 593 g/mol. The molecule has 0 unspecified atom stereocenters. The molecule has 0 bridgehead atoms. The highest BCUT2D eigenvalue weighted by Gasteiger charge is 2.39. The van der Waals surface area contributed by atoms with Gasteiger partial charge in [0.05, 0.1) is 29.0 Å². The van der Waals surface area contributed by atoms with E-state index in [9.17, 15) is 22.4 Å². The molecule has 0 saturated carbocycles. The zero-order chi connectivity index (χ0) is 29.4. The van der Waals surface area contributed by atoms with E-state index in [-0.39, 0.29) is 53.1 Å². The first-order valence-corrected chi connectivity index (χ1v) is 15.5. The number of nitrogens with zero attached hydrogens (tertiary/aromatic N) is 2. The molecular formula is C31H32FN3O6S. The number of rotatable bonds is 5. The van der Waals surface area contributed by atoms with E-state index < -0.39 is 21.9 Å². The second kappa shape index (κ2) is 11.4. The lowest BCUT2D eigenvalue weighted by molar-refractivity contribution is -0.143. The maximum Gasteiger partial charge on any atom is 0.261 e. The Labute approximate surface area is 244 Å². The molecule has 11 heteroatoms. The summed E-state index contributed by atoms with van der Waals surface area (Å²) >= 11 is 0. The first-order valence-electron chi connectivity index (χ1n) is 14.0. The molecule has 0 radical (unpaired) electrons. The molecule has 3 heterocycles. The summed E-state index contributed by atoms with van der Waals surface area (Å²) in [4.78, 5) is 30.0. The van der Waals surface area contributed by atoms with Gasteiger partial charge in [0.25, 0.3) is 15.9 Å². The molecule has 1 N–H and O–H groups in total. The van der Waals surface area contributed by atoms with Gasteiger partial charge in [-0.1, -0.05) is 30.3 Å². The van der Waals surface area contributed by atoms with Gasteiger partial charge in [0.15, 0.2) is 0 Å². The predicted octanol–water partition coefficient (Wildman–Crippen LogP) is 3.98. The van der Waals surface area contributed by atoms with Gasteiger partial charge in [0, 0.05) is 25.8 Å². The van der Waals surface area contributed by atoms with E-state index >= 15 is 0 Å². The molecule has 1 saturated heterocycles. The van der Waals surface area contributed by atoms with Gasteiger partial charge < -0.3 is 19.3 Å². The summed E-state index contributed by atoms with van der Waals surface area (Å²) in [7, 11) is -2.38. The number of nitrogens with one attached hydrogen (secondary N) is 1. The van der Waals surface area contributed by atoms with Crippen LogP contribution in [0.15, 0.2) is 71.6 Å². The van der Waals surface area contributed by atoms with Crippen molar-refractivity contribution in [3.63, 3.8) is 0 Å². The third kappa shape index (κ3) is 5.71. The van der Waals surface area contributed by atoms with Crippen LogP contribution in [-0.2, 0) is 32.5 Å².